The molecular formula is C27H35N3O4. The lowest BCUT2D eigenvalue weighted by molar-refractivity contribution is 0.0741. The van der Waals surface area contributed by atoms with Crippen molar-refractivity contribution in [3.63, 3.8) is 0 Å². The van der Waals surface area contributed by atoms with E-state index < -0.39 is 0 Å². The monoisotopic (exact) mass is 465 g/mol. The van der Waals surface area contributed by atoms with Gasteiger partial charge < -0.3 is 28.6 Å². The van der Waals surface area contributed by atoms with Crippen molar-refractivity contribution in [1.82, 2.24) is 14.4 Å². The molecule has 1 amide bonds. The van der Waals surface area contributed by atoms with Gasteiger partial charge in [0.1, 0.15) is 0 Å². The first-order valence-electron chi connectivity index (χ1n) is 11.8. The van der Waals surface area contributed by atoms with Crippen molar-refractivity contribution in [3.05, 3.63) is 53.2 Å². The Morgan fingerprint density at radius 1 is 1.03 bits per heavy atom. The van der Waals surface area contributed by atoms with Gasteiger partial charge in [0.2, 0.25) is 5.75 Å². The Morgan fingerprint density at radius 2 is 1.74 bits per heavy atom. The number of aryl methyl sites for hydroxylation is 2. The number of carbonyl (C=O) groups is 1. The second-order valence-electron chi connectivity index (χ2n) is 9.00. The second-order valence-corrected chi connectivity index (χ2v) is 9.00. The molecule has 0 fully saturated rings. The summed E-state index contributed by atoms with van der Waals surface area (Å²) < 4.78 is 18.8. The van der Waals surface area contributed by atoms with Crippen LogP contribution in [0.3, 0.4) is 0 Å². The van der Waals surface area contributed by atoms with Crippen LogP contribution >= 0.6 is 0 Å². The minimum atomic E-state index is -0.0304. The van der Waals surface area contributed by atoms with Gasteiger partial charge in [0.25, 0.3) is 5.91 Å². The summed E-state index contributed by atoms with van der Waals surface area (Å²) >= 11 is 0. The lowest BCUT2D eigenvalue weighted by atomic mass is 10.1. The quantitative estimate of drug-likeness (QED) is 0.499. The Hall–Kier alpha value is -3.19. The van der Waals surface area contributed by atoms with Crippen LogP contribution in [0, 0.1) is 0 Å². The molecule has 3 aromatic rings. The van der Waals surface area contributed by atoms with Gasteiger partial charge in [-0.25, -0.2) is 0 Å². The van der Waals surface area contributed by atoms with Crippen molar-refractivity contribution in [2.45, 2.75) is 32.4 Å². The predicted molar refractivity (Wildman–Crippen MR) is 134 cm³/mol. The molecule has 4 rings (SSSR count). The molecule has 0 bridgehead atoms. The number of nitrogens with zero attached hydrogens (tertiary/aromatic N) is 3. The summed E-state index contributed by atoms with van der Waals surface area (Å²) in [6.07, 6.45) is 2.95. The first-order chi connectivity index (χ1) is 16.5. The number of ether oxygens (including phenoxy) is 3. The summed E-state index contributed by atoms with van der Waals surface area (Å²) in [5.41, 5.74) is 4.42. The van der Waals surface area contributed by atoms with Crippen LogP contribution in [0.4, 0.5) is 0 Å². The first kappa shape index (κ1) is 24.0. The highest BCUT2D eigenvalue weighted by Crippen LogP contribution is 2.39. The van der Waals surface area contributed by atoms with E-state index in [0.717, 1.165) is 32.4 Å². The van der Waals surface area contributed by atoms with Crippen LogP contribution < -0.4 is 14.2 Å². The van der Waals surface area contributed by atoms with Gasteiger partial charge in [-0.05, 0) is 63.7 Å². The highest BCUT2D eigenvalue weighted by molar-refractivity contribution is 5.96. The van der Waals surface area contributed by atoms with Gasteiger partial charge in [-0.15, -0.1) is 0 Å². The van der Waals surface area contributed by atoms with Gasteiger partial charge in [0.15, 0.2) is 11.5 Å². The minimum Gasteiger partial charge on any atom is -0.493 e. The molecule has 0 N–H and O–H groups in total. The van der Waals surface area contributed by atoms with Crippen molar-refractivity contribution >= 4 is 16.8 Å². The van der Waals surface area contributed by atoms with Gasteiger partial charge in [-0.3, -0.25) is 4.79 Å². The fourth-order valence-corrected chi connectivity index (χ4v) is 4.96. The summed E-state index contributed by atoms with van der Waals surface area (Å²) in [4.78, 5) is 17.9. The third-order valence-corrected chi connectivity index (χ3v) is 6.58. The summed E-state index contributed by atoms with van der Waals surface area (Å²) in [7, 11) is 8.90. The molecule has 0 aliphatic carbocycles. The van der Waals surface area contributed by atoms with Crippen molar-refractivity contribution in [2.24, 2.45) is 0 Å². The Bertz CT molecular complexity index is 1140. The number of hydrogen-bond acceptors (Lipinski definition) is 5. The van der Waals surface area contributed by atoms with Gasteiger partial charge in [-0.2, -0.15) is 0 Å². The molecule has 0 saturated heterocycles. The van der Waals surface area contributed by atoms with E-state index in [9.17, 15) is 4.79 Å². The molecule has 34 heavy (non-hydrogen) atoms. The molecule has 7 nitrogen and oxygen atoms in total. The lowest BCUT2D eigenvalue weighted by Crippen LogP contribution is -2.31. The van der Waals surface area contributed by atoms with Crippen LogP contribution in [0.15, 0.2) is 36.4 Å². The summed E-state index contributed by atoms with van der Waals surface area (Å²) in [5.74, 6) is 1.43. The zero-order valence-corrected chi connectivity index (χ0v) is 20.9. The van der Waals surface area contributed by atoms with E-state index in [1.54, 1.807) is 33.5 Å². The maximum absolute atomic E-state index is 13.7. The lowest BCUT2D eigenvalue weighted by Gasteiger charge is -2.23. The number of amides is 1. The first-order valence-corrected chi connectivity index (χ1v) is 11.8. The maximum atomic E-state index is 13.7. The molecule has 1 aliphatic rings. The zero-order chi connectivity index (χ0) is 24.2. The molecule has 0 spiro atoms. The molecule has 2 aromatic carbocycles. The Labute approximate surface area is 201 Å². The third kappa shape index (κ3) is 4.57. The number of methoxy groups -OCH3 is 3. The predicted octanol–water partition coefficient (Wildman–Crippen LogP) is 4.21. The summed E-state index contributed by atoms with van der Waals surface area (Å²) in [6.45, 7) is 3.24. The van der Waals surface area contributed by atoms with Crippen molar-refractivity contribution in [1.29, 1.82) is 0 Å². The number of benzene rings is 2. The number of carbonyl (C=O) groups excluding carboxylic acids is 1. The highest BCUT2D eigenvalue weighted by Gasteiger charge is 2.27. The Kier molecular flexibility index (Phi) is 7.32. The van der Waals surface area contributed by atoms with Crippen LogP contribution in [0.5, 0.6) is 17.2 Å². The number of para-hydroxylation sites is 1. The van der Waals surface area contributed by atoms with E-state index in [0.29, 0.717) is 35.9 Å². The molecular weight excluding hydrogens is 430 g/mol. The van der Waals surface area contributed by atoms with E-state index in [-0.39, 0.29) is 5.91 Å². The average Bonchev–Trinajstić information content (AvgIpc) is 2.98. The van der Waals surface area contributed by atoms with Crippen LogP contribution in [-0.2, 0) is 19.5 Å². The van der Waals surface area contributed by atoms with E-state index >= 15 is 0 Å². The fourth-order valence-electron chi connectivity index (χ4n) is 4.96. The molecule has 0 saturated carbocycles. The molecule has 2 heterocycles. The SMILES string of the molecule is COc1cc(C(=O)N2CCCc3c(n(CCCN(C)C)c4ccccc34)C2)cc(OC)c1OC. The molecule has 1 aromatic heterocycles. The number of fused-ring (bicyclic) bond motifs is 3. The molecule has 0 radical (unpaired) electrons. The van der Waals surface area contributed by atoms with Gasteiger partial charge in [0.05, 0.1) is 27.9 Å². The standard InChI is InChI=1S/C27H35N3O4/c1-28(2)13-9-15-30-22-12-7-6-10-20(22)21-11-8-14-29(18-23(21)30)27(31)19-16-24(32-3)26(34-5)25(17-19)33-4/h6-7,10,12,16-17H,8-9,11,13-15,18H2,1-5H3. The normalized spacial score (nSPS) is 13.6. The second kappa shape index (κ2) is 10.4. The number of aromatic nitrogens is 1. The number of hydrogen-bond donors (Lipinski definition) is 0. The largest absolute Gasteiger partial charge is 0.493 e. The topological polar surface area (TPSA) is 56.2 Å². The van der Waals surface area contributed by atoms with E-state index in [2.05, 4.69) is 47.8 Å². The van der Waals surface area contributed by atoms with Crippen molar-refractivity contribution in [3.8, 4) is 17.2 Å². The number of rotatable bonds is 8. The molecule has 1 aliphatic heterocycles. The third-order valence-electron chi connectivity index (χ3n) is 6.58. The van der Waals surface area contributed by atoms with Crippen molar-refractivity contribution in [2.75, 3.05) is 48.5 Å². The molecule has 7 heteroatoms. The van der Waals surface area contributed by atoms with Crippen LogP contribution in [0.25, 0.3) is 10.9 Å². The zero-order valence-electron chi connectivity index (χ0n) is 20.9. The van der Waals surface area contributed by atoms with Gasteiger partial charge in [0, 0.05) is 35.2 Å². The fraction of sp³-hybridized carbons (Fsp3) is 0.444. The Balaban J connectivity index is 1.70. The summed E-state index contributed by atoms with van der Waals surface area (Å²) in [5, 5.41) is 1.31. The molecule has 0 unspecified atom stereocenters. The Morgan fingerprint density at radius 3 is 2.38 bits per heavy atom. The van der Waals surface area contributed by atoms with Crippen molar-refractivity contribution < 1.29 is 19.0 Å². The maximum Gasteiger partial charge on any atom is 0.254 e. The molecule has 182 valence electrons. The minimum absolute atomic E-state index is 0.0304. The van der Waals surface area contributed by atoms with Crippen LogP contribution in [0.2, 0.25) is 0 Å². The van der Waals surface area contributed by atoms with E-state index in [4.69, 9.17) is 14.2 Å². The van der Waals surface area contributed by atoms with E-state index in [1.165, 1.54) is 22.2 Å². The molecule has 0 atom stereocenters. The van der Waals surface area contributed by atoms with E-state index in [1.807, 2.05) is 4.90 Å². The highest BCUT2D eigenvalue weighted by atomic mass is 16.5. The summed E-state index contributed by atoms with van der Waals surface area (Å²) in [6, 6.07) is 12.1. The van der Waals surface area contributed by atoms with Crippen LogP contribution in [-0.4, -0.2) is 68.8 Å². The van der Waals surface area contributed by atoms with Crippen LogP contribution in [0.1, 0.15) is 34.5 Å². The average molecular weight is 466 g/mol. The smallest absolute Gasteiger partial charge is 0.254 e. The van der Waals surface area contributed by atoms with Gasteiger partial charge in [-0.1, -0.05) is 18.2 Å². The van der Waals surface area contributed by atoms with Gasteiger partial charge >= 0.3 is 0 Å².